The molecule has 94 valence electrons. The molecule has 0 atom stereocenters. The molecule has 0 radical (unpaired) electrons. The summed E-state index contributed by atoms with van der Waals surface area (Å²) in [5.41, 5.74) is 0.714. The normalized spacial score (nSPS) is 10.6. The van der Waals surface area contributed by atoms with Crippen molar-refractivity contribution in [2.24, 2.45) is 7.05 Å². The fraction of sp³-hybridized carbons (Fsp3) is 0.167. The first-order valence-electron chi connectivity index (χ1n) is 5.19. The van der Waals surface area contributed by atoms with Crippen molar-refractivity contribution < 1.29 is 14.3 Å². The van der Waals surface area contributed by atoms with Gasteiger partial charge in [-0.15, -0.1) is 11.8 Å². The molecule has 0 fully saturated rings. The van der Waals surface area contributed by atoms with Crippen molar-refractivity contribution >= 4 is 17.7 Å². The topological polar surface area (TPSA) is 55.1 Å². The van der Waals surface area contributed by atoms with Gasteiger partial charge in [-0.1, -0.05) is 0 Å². The molecule has 0 bridgehead atoms. The summed E-state index contributed by atoms with van der Waals surface area (Å²) in [5.74, 6) is -1.32. The summed E-state index contributed by atoms with van der Waals surface area (Å²) in [7, 11) is 1.89. The van der Waals surface area contributed by atoms with E-state index in [1.807, 2.05) is 11.6 Å². The summed E-state index contributed by atoms with van der Waals surface area (Å²) >= 11 is 1.44. The standard InChI is InChI=1S/C12H11FN2O2S/c1-15-7-14-5-8(15)6-18-9-2-3-11(13)10(4-9)12(16)17/h2-5,7H,6H2,1H3,(H,16,17). The Morgan fingerprint density at radius 3 is 2.94 bits per heavy atom. The lowest BCUT2D eigenvalue weighted by atomic mass is 10.2. The van der Waals surface area contributed by atoms with E-state index in [0.717, 1.165) is 10.6 Å². The van der Waals surface area contributed by atoms with Crippen molar-refractivity contribution in [2.45, 2.75) is 10.6 Å². The van der Waals surface area contributed by atoms with Crippen LogP contribution in [-0.4, -0.2) is 20.6 Å². The third-order valence-corrected chi connectivity index (χ3v) is 3.50. The summed E-state index contributed by atoms with van der Waals surface area (Å²) < 4.78 is 15.1. The van der Waals surface area contributed by atoms with E-state index in [9.17, 15) is 9.18 Å². The van der Waals surface area contributed by atoms with E-state index in [1.165, 1.54) is 23.9 Å². The Labute approximate surface area is 107 Å². The molecular formula is C12H11FN2O2S. The van der Waals surface area contributed by atoms with E-state index in [0.29, 0.717) is 5.75 Å². The van der Waals surface area contributed by atoms with Crippen molar-refractivity contribution in [1.82, 2.24) is 9.55 Å². The molecule has 0 amide bonds. The molecule has 0 aliphatic carbocycles. The fourth-order valence-electron chi connectivity index (χ4n) is 1.44. The molecule has 18 heavy (non-hydrogen) atoms. The number of aryl methyl sites for hydroxylation is 1. The van der Waals surface area contributed by atoms with Gasteiger partial charge in [-0.2, -0.15) is 0 Å². The number of carboxylic acids is 1. The maximum absolute atomic E-state index is 13.2. The van der Waals surface area contributed by atoms with Crippen LogP contribution in [0.5, 0.6) is 0 Å². The number of imidazole rings is 1. The Bertz CT molecular complexity index is 583. The molecule has 1 N–H and O–H groups in total. The zero-order valence-corrected chi connectivity index (χ0v) is 10.4. The summed E-state index contributed by atoms with van der Waals surface area (Å²) in [4.78, 5) is 15.5. The van der Waals surface area contributed by atoms with Gasteiger partial charge in [0.2, 0.25) is 0 Å². The van der Waals surface area contributed by atoms with E-state index >= 15 is 0 Å². The maximum atomic E-state index is 13.2. The molecule has 1 aromatic carbocycles. The lowest BCUT2D eigenvalue weighted by Gasteiger charge is -2.04. The number of carboxylic acid groups (broad SMARTS) is 1. The minimum atomic E-state index is -1.25. The third kappa shape index (κ3) is 2.70. The summed E-state index contributed by atoms with van der Waals surface area (Å²) in [6, 6.07) is 4.09. The van der Waals surface area contributed by atoms with Crippen LogP contribution in [0.25, 0.3) is 0 Å². The molecule has 2 aromatic rings. The second-order valence-corrected chi connectivity index (χ2v) is 4.78. The molecule has 6 heteroatoms. The van der Waals surface area contributed by atoms with Gasteiger partial charge in [-0.3, -0.25) is 0 Å². The number of thioether (sulfide) groups is 1. The minimum absolute atomic E-state index is 0.301. The lowest BCUT2D eigenvalue weighted by molar-refractivity contribution is 0.0691. The molecule has 0 aliphatic rings. The van der Waals surface area contributed by atoms with Gasteiger partial charge < -0.3 is 9.67 Å². The zero-order valence-electron chi connectivity index (χ0n) is 9.63. The van der Waals surface area contributed by atoms with Gasteiger partial charge in [0.15, 0.2) is 0 Å². The maximum Gasteiger partial charge on any atom is 0.338 e. The monoisotopic (exact) mass is 266 g/mol. The van der Waals surface area contributed by atoms with Crippen LogP contribution in [0.4, 0.5) is 4.39 Å². The second-order valence-electron chi connectivity index (χ2n) is 3.73. The Morgan fingerprint density at radius 1 is 1.56 bits per heavy atom. The van der Waals surface area contributed by atoms with Gasteiger partial charge in [-0.05, 0) is 18.2 Å². The van der Waals surface area contributed by atoms with E-state index < -0.39 is 11.8 Å². The Morgan fingerprint density at radius 2 is 2.33 bits per heavy atom. The molecule has 2 rings (SSSR count). The number of carbonyl (C=O) groups is 1. The predicted octanol–water partition coefficient (Wildman–Crippen LogP) is 2.55. The SMILES string of the molecule is Cn1cncc1CSc1ccc(F)c(C(=O)O)c1. The van der Waals surface area contributed by atoms with Gasteiger partial charge in [0, 0.05) is 29.6 Å². The Hall–Kier alpha value is -1.82. The molecule has 0 saturated carbocycles. The number of hydrogen-bond acceptors (Lipinski definition) is 3. The Kier molecular flexibility index (Phi) is 3.66. The van der Waals surface area contributed by atoms with Crippen LogP contribution in [-0.2, 0) is 12.8 Å². The van der Waals surface area contributed by atoms with E-state index in [2.05, 4.69) is 4.98 Å². The predicted molar refractivity (Wildman–Crippen MR) is 66.1 cm³/mol. The number of rotatable bonds is 4. The minimum Gasteiger partial charge on any atom is -0.478 e. The molecule has 0 unspecified atom stereocenters. The third-order valence-electron chi connectivity index (χ3n) is 2.47. The summed E-state index contributed by atoms with van der Waals surface area (Å²) in [6.45, 7) is 0. The number of nitrogens with zero attached hydrogens (tertiary/aromatic N) is 2. The van der Waals surface area contributed by atoms with E-state index in [1.54, 1.807) is 18.6 Å². The van der Waals surface area contributed by atoms with Crippen molar-refractivity contribution in [2.75, 3.05) is 0 Å². The average Bonchev–Trinajstić information content (AvgIpc) is 2.73. The highest BCUT2D eigenvalue weighted by atomic mass is 32.2. The quantitative estimate of drug-likeness (QED) is 0.864. The van der Waals surface area contributed by atoms with E-state index in [-0.39, 0.29) is 5.56 Å². The van der Waals surface area contributed by atoms with Crippen LogP contribution >= 0.6 is 11.8 Å². The summed E-state index contributed by atoms with van der Waals surface area (Å²) in [5, 5.41) is 8.82. The highest BCUT2D eigenvalue weighted by molar-refractivity contribution is 7.98. The molecule has 4 nitrogen and oxygen atoms in total. The second kappa shape index (κ2) is 5.22. The van der Waals surface area contributed by atoms with Crippen molar-refractivity contribution in [1.29, 1.82) is 0 Å². The van der Waals surface area contributed by atoms with Crippen LogP contribution < -0.4 is 0 Å². The van der Waals surface area contributed by atoms with Crippen LogP contribution in [0.2, 0.25) is 0 Å². The Balaban J connectivity index is 2.13. The van der Waals surface area contributed by atoms with Gasteiger partial charge in [0.05, 0.1) is 11.9 Å². The highest BCUT2D eigenvalue weighted by Gasteiger charge is 2.11. The van der Waals surface area contributed by atoms with Crippen LogP contribution in [0.1, 0.15) is 16.1 Å². The van der Waals surface area contributed by atoms with Crippen LogP contribution in [0.15, 0.2) is 35.6 Å². The number of aromatic nitrogens is 2. The molecule has 0 aliphatic heterocycles. The molecule has 1 aromatic heterocycles. The highest BCUT2D eigenvalue weighted by Crippen LogP contribution is 2.24. The van der Waals surface area contributed by atoms with Crippen molar-refractivity contribution in [3.63, 3.8) is 0 Å². The fourth-order valence-corrected chi connectivity index (χ4v) is 2.40. The largest absolute Gasteiger partial charge is 0.478 e. The number of aromatic carboxylic acids is 1. The van der Waals surface area contributed by atoms with Gasteiger partial charge in [0.1, 0.15) is 5.82 Å². The average molecular weight is 266 g/mol. The first kappa shape index (κ1) is 12.6. The van der Waals surface area contributed by atoms with E-state index in [4.69, 9.17) is 5.11 Å². The van der Waals surface area contributed by atoms with Gasteiger partial charge in [-0.25, -0.2) is 14.2 Å². The summed E-state index contributed by atoms with van der Waals surface area (Å²) in [6.07, 6.45) is 3.44. The van der Waals surface area contributed by atoms with Gasteiger partial charge in [0.25, 0.3) is 0 Å². The van der Waals surface area contributed by atoms with Crippen LogP contribution in [0, 0.1) is 5.82 Å². The molecule has 0 spiro atoms. The number of hydrogen-bond donors (Lipinski definition) is 1. The molecule has 0 saturated heterocycles. The number of benzene rings is 1. The molecule has 1 heterocycles. The van der Waals surface area contributed by atoms with Crippen molar-refractivity contribution in [3.05, 3.63) is 47.8 Å². The first-order valence-corrected chi connectivity index (χ1v) is 6.17. The lowest BCUT2D eigenvalue weighted by Crippen LogP contribution is -2.00. The van der Waals surface area contributed by atoms with Crippen LogP contribution in [0.3, 0.4) is 0 Å². The number of halogens is 1. The van der Waals surface area contributed by atoms with Crippen molar-refractivity contribution in [3.8, 4) is 0 Å². The van der Waals surface area contributed by atoms with Gasteiger partial charge >= 0.3 is 5.97 Å². The molecular weight excluding hydrogens is 255 g/mol. The zero-order chi connectivity index (χ0) is 13.1. The smallest absolute Gasteiger partial charge is 0.338 e. The first-order chi connectivity index (χ1) is 8.58.